The second-order valence-electron chi connectivity index (χ2n) is 4.64. The van der Waals surface area contributed by atoms with Gasteiger partial charge in [-0.05, 0) is 17.9 Å². The minimum absolute atomic E-state index is 0.189. The number of hydrogen-bond donors (Lipinski definition) is 0. The fourth-order valence-electron chi connectivity index (χ4n) is 2.52. The normalized spacial score (nSPS) is 25.3. The topological polar surface area (TPSA) is 29.5 Å². The number of carbonyl (C=O) groups is 1. The molecular formula is C14H15NO2. The van der Waals surface area contributed by atoms with Gasteiger partial charge in [-0.1, -0.05) is 42.5 Å². The average Bonchev–Trinajstić information content (AvgIpc) is 2.99. The molecule has 0 spiro atoms. The molecular weight excluding hydrogens is 214 g/mol. The summed E-state index contributed by atoms with van der Waals surface area (Å²) in [6, 6.07) is 10.0. The fraction of sp³-hybridized carbons (Fsp3) is 0.357. The molecule has 1 amide bonds. The quantitative estimate of drug-likeness (QED) is 0.729. The van der Waals surface area contributed by atoms with E-state index in [1.165, 1.54) is 0 Å². The van der Waals surface area contributed by atoms with Crippen molar-refractivity contribution >= 4 is 6.09 Å². The summed E-state index contributed by atoms with van der Waals surface area (Å²) in [7, 11) is 0. The third-order valence-electron chi connectivity index (χ3n) is 3.42. The third kappa shape index (κ3) is 2.05. The molecule has 1 aromatic rings. The number of fused-ring (bicyclic) bond motifs is 2. The van der Waals surface area contributed by atoms with Crippen molar-refractivity contribution in [2.45, 2.75) is 19.1 Å². The Kier molecular flexibility index (Phi) is 2.59. The number of nitrogens with zero attached hydrogens (tertiary/aromatic N) is 1. The van der Waals surface area contributed by atoms with Crippen molar-refractivity contribution in [1.82, 2.24) is 4.90 Å². The molecule has 0 aromatic heterocycles. The van der Waals surface area contributed by atoms with Gasteiger partial charge in [0.15, 0.2) is 0 Å². The van der Waals surface area contributed by atoms with Gasteiger partial charge < -0.3 is 9.64 Å². The Morgan fingerprint density at radius 1 is 1.29 bits per heavy atom. The summed E-state index contributed by atoms with van der Waals surface area (Å²) in [5.41, 5.74) is 1.03. The van der Waals surface area contributed by atoms with Crippen LogP contribution in [-0.2, 0) is 11.3 Å². The van der Waals surface area contributed by atoms with E-state index in [2.05, 4.69) is 12.2 Å². The lowest BCUT2D eigenvalue weighted by atomic mass is 10.2. The second kappa shape index (κ2) is 4.24. The van der Waals surface area contributed by atoms with Crippen molar-refractivity contribution in [3.63, 3.8) is 0 Å². The van der Waals surface area contributed by atoms with Gasteiger partial charge in [-0.2, -0.15) is 0 Å². The minimum atomic E-state index is -0.189. The minimum Gasteiger partial charge on any atom is -0.445 e. The summed E-state index contributed by atoms with van der Waals surface area (Å²) in [6.07, 6.45) is 5.19. The molecule has 2 bridgehead atoms. The number of benzene rings is 1. The highest BCUT2D eigenvalue weighted by Gasteiger charge is 2.37. The van der Waals surface area contributed by atoms with Gasteiger partial charge in [0, 0.05) is 6.54 Å². The summed E-state index contributed by atoms with van der Waals surface area (Å²) in [4.78, 5) is 13.7. The van der Waals surface area contributed by atoms with Crippen LogP contribution < -0.4 is 0 Å². The van der Waals surface area contributed by atoms with Crippen molar-refractivity contribution in [2.24, 2.45) is 5.92 Å². The molecule has 88 valence electrons. The number of amides is 1. The third-order valence-corrected chi connectivity index (χ3v) is 3.42. The van der Waals surface area contributed by atoms with E-state index in [0.717, 1.165) is 18.5 Å². The van der Waals surface area contributed by atoms with Crippen LogP contribution in [0.1, 0.15) is 12.0 Å². The highest BCUT2D eigenvalue weighted by Crippen LogP contribution is 2.31. The molecule has 0 N–H and O–H groups in total. The molecule has 0 unspecified atom stereocenters. The highest BCUT2D eigenvalue weighted by molar-refractivity contribution is 5.69. The maximum atomic E-state index is 11.9. The van der Waals surface area contributed by atoms with Gasteiger partial charge >= 0.3 is 6.09 Å². The first-order valence-electron chi connectivity index (χ1n) is 5.98. The van der Waals surface area contributed by atoms with Gasteiger partial charge in [-0.15, -0.1) is 0 Å². The Hall–Kier alpha value is -1.77. The lowest BCUT2D eigenvalue weighted by Gasteiger charge is -2.23. The molecule has 2 atom stereocenters. The van der Waals surface area contributed by atoms with Crippen molar-refractivity contribution in [3.8, 4) is 0 Å². The summed E-state index contributed by atoms with van der Waals surface area (Å²) in [5, 5.41) is 0. The molecule has 1 saturated heterocycles. The first-order valence-corrected chi connectivity index (χ1v) is 5.98. The standard InChI is InChI=1S/C14H15NO2/c16-14(15-9-12-6-7-13(15)8-12)17-10-11-4-2-1-3-5-11/h1-7,12-13H,8-10H2/t12-,13+/m1/s1. The SMILES string of the molecule is O=C(OCc1ccccc1)N1C[C@@H]2C=C[C@H]1C2. The largest absolute Gasteiger partial charge is 0.445 e. The molecule has 17 heavy (non-hydrogen) atoms. The lowest BCUT2D eigenvalue weighted by molar-refractivity contribution is 0.0959. The summed E-state index contributed by atoms with van der Waals surface area (Å²) < 4.78 is 5.32. The van der Waals surface area contributed by atoms with Crippen LogP contribution >= 0.6 is 0 Å². The van der Waals surface area contributed by atoms with Crippen LogP contribution in [0.4, 0.5) is 4.79 Å². The van der Waals surface area contributed by atoms with Gasteiger partial charge in [-0.25, -0.2) is 4.79 Å². The lowest BCUT2D eigenvalue weighted by Crippen LogP contribution is -2.36. The first kappa shape index (κ1) is 10.4. The molecule has 1 heterocycles. The Bertz CT molecular complexity index is 441. The van der Waals surface area contributed by atoms with E-state index in [1.54, 1.807) is 0 Å². The van der Waals surface area contributed by atoms with Crippen LogP contribution in [0.25, 0.3) is 0 Å². The average molecular weight is 229 g/mol. The summed E-state index contributed by atoms with van der Waals surface area (Å²) in [5.74, 6) is 0.546. The van der Waals surface area contributed by atoms with Crippen molar-refractivity contribution in [1.29, 1.82) is 0 Å². The fourth-order valence-corrected chi connectivity index (χ4v) is 2.52. The second-order valence-corrected chi connectivity index (χ2v) is 4.64. The Morgan fingerprint density at radius 2 is 2.12 bits per heavy atom. The molecule has 3 nitrogen and oxygen atoms in total. The number of hydrogen-bond acceptors (Lipinski definition) is 2. The van der Waals surface area contributed by atoms with Crippen LogP contribution in [-0.4, -0.2) is 23.6 Å². The number of carbonyl (C=O) groups excluding carboxylic acids is 1. The monoisotopic (exact) mass is 229 g/mol. The Morgan fingerprint density at radius 3 is 2.76 bits per heavy atom. The van der Waals surface area contributed by atoms with Gasteiger partial charge in [0.05, 0.1) is 6.04 Å². The summed E-state index contributed by atoms with van der Waals surface area (Å²) >= 11 is 0. The molecule has 1 aliphatic heterocycles. The zero-order valence-electron chi connectivity index (χ0n) is 9.58. The molecule has 2 aliphatic rings. The molecule has 3 rings (SSSR count). The molecule has 3 heteroatoms. The maximum Gasteiger partial charge on any atom is 0.410 e. The number of likely N-dealkylation sites (tertiary alicyclic amines) is 1. The molecule has 1 aromatic carbocycles. The van der Waals surface area contributed by atoms with E-state index in [-0.39, 0.29) is 12.1 Å². The van der Waals surface area contributed by atoms with Crippen molar-refractivity contribution < 1.29 is 9.53 Å². The smallest absolute Gasteiger partial charge is 0.410 e. The van der Waals surface area contributed by atoms with Crippen LogP contribution in [0.3, 0.4) is 0 Å². The molecule has 0 saturated carbocycles. The van der Waals surface area contributed by atoms with Gasteiger partial charge in [0.25, 0.3) is 0 Å². The zero-order valence-corrected chi connectivity index (χ0v) is 9.58. The Balaban J connectivity index is 1.56. The van der Waals surface area contributed by atoms with Crippen molar-refractivity contribution in [3.05, 3.63) is 48.0 Å². The van der Waals surface area contributed by atoms with E-state index < -0.39 is 0 Å². The van der Waals surface area contributed by atoms with Crippen LogP contribution in [0.15, 0.2) is 42.5 Å². The van der Waals surface area contributed by atoms with E-state index >= 15 is 0 Å². The Labute approximate surface area is 101 Å². The number of ether oxygens (including phenoxy) is 1. The zero-order chi connectivity index (χ0) is 11.7. The van der Waals surface area contributed by atoms with Gasteiger partial charge in [0.2, 0.25) is 0 Å². The first-order chi connectivity index (χ1) is 8.33. The van der Waals surface area contributed by atoms with Crippen molar-refractivity contribution in [2.75, 3.05) is 6.54 Å². The maximum absolute atomic E-state index is 11.9. The molecule has 0 radical (unpaired) electrons. The van der Waals surface area contributed by atoms with E-state index in [0.29, 0.717) is 12.5 Å². The predicted octanol–water partition coefficient (Wildman–Crippen LogP) is 2.58. The van der Waals surface area contributed by atoms with Crippen LogP contribution in [0.2, 0.25) is 0 Å². The molecule has 1 fully saturated rings. The van der Waals surface area contributed by atoms with E-state index in [9.17, 15) is 4.79 Å². The van der Waals surface area contributed by atoms with Crippen LogP contribution in [0, 0.1) is 5.92 Å². The van der Waals surface area contributed by atoms with Gasteiger partial charge in [0.1, 0.15) is 6.61 Å². The highest BCUT2D eigenvalue weighted by atomic mass is 16.6. The summed E-state index contributed by atoms with van der Waals surface area (Å²) in [6.45, 7) is 1.17. The predicted molar refractivity (Wildman–Crippen MR) is 64.4 cm³/mol. The van der Waals surface area contributed by atoms with E-state index in [4.69, 9.17) is 4.74 Å². The van der Waals surface area contributed by atoms with E-state index in [1.807, 2.05) is 35.2 Å². The number of rotatable bonds is 2. The molecule has 1 aliphatic carbocycles. The van der Waals surface area contributed by atoms with Gasteiger partial charge in [-0.3, -0.25) is 0 Å². The van der Waals surface area contributed by atoms with Crippen LogP contribution in [0.5, 0.6) is 0 Å².